The first-order valence-electron chi connectivity index (χ1n) is 5.00. The lowest BCUT2D eigenvalue weighted by Crippen LogP contribution is -2.27. The van der Waals surface area contributed by atoms with Crippen molar-refractivity contribution in [1.29, 1.82) is 0 Å². The molecule has 4 heteroatoms. The molecule has 1 heterocycles. The highest BCUT2D eigenvalue weighted by molar-refractivity contribution is 6.00. The Morgan fingerprint density at radius 1 is 1.25 bits per heavy atom. The molecule has 0 aliphatic heterocycles. The molecular formula is C12H13N3O. The summed E-state index contributed by atoms with van der Waals surface area (Å²) in [6.07, 6.45) is 1.74. The molecular weight excluding hydrogens is 202 g/mol. The Labute approximate surface area is 93.9 Å². The van der Waals surface area contributed by atoms with E-state index in [1.807, 2.05) is 30.3 Å². The lowest BCUT2D eigenvalue weighted by molar-refractivity contribution is 0.231. The predicted molar refractivity (Wildman–Crippen MR) is 64.4 cm³/mol. The van der Waals surface area contributed by atoms with Crippen LogP contribution in [0.5, 0.6) is 0 Å². The molecule has 0 saturated carbocycles. The number of aromatic nitrogens is 1. The number of fused-ring (bicyclic) bond motifs is 1. The fourth-order valence-electron chi connectivity index (χ4n) is 1.44. The Bertz CT molecular complexity index is 517. The molecule has 2 aromatic rings. The third-order valence-corrected chi connectivity index (χ3v) is 2.29. The zero-order valence-electron chi connectivity index (χ0n) is 9.27. The molecule has 1 aromatic carbocycles. The third-order valence-electron chi connectivity index (χ3n) is 2.29. The summed E-state index contributed by atoms with van der Waals surface area (Å²) in [6.45, 7) is 0. The first-order valence-corrected chi connectivity index (χ1v) is 5.00. The third kappa shape index (κ3) is 1.95. The normalized spacial score (nSPS) is 10.1. The van der Waals surface area contributed by atoms with Gasteiger partial charge in [0.2, 0.25) is 0 Å². The van der Waals surface area contributed by atoms with Gasteiger partial charge in [0.15, 0.2) is 0 Å². The topological polar surface area (TPSA) is 45.2 Å². The Kier molecular flexibility index (Phi) is 2.72. The molecule has 0 saturated heterocycles. The fourth-order valence-corrected chi connectivity index (χ4v) is 1.44. The second kappa shape index (κ2) is 4.18. The van der Waals surface area contributed by atoms with E-state index in [4.69, 9.17) is 0 Å². The van der Waals surface area contributed by atoms with Crippen molar-refractivity contribution < 1.29 is 4.79 Å². The maximum Gasteiger partial charge on any atom is 0.321 e. The van der Waals surface area contributed by atoms with E-state index >= 15 is 0 Å². The number of amides is 2. The second-order valence-electron chi connectivity index (χ2n) is 3.70. The van der Waals surface area contributed by atoms with Crippen LogP contribution in [0.3, 0.4) is 0 Å². The quantitative estimate of drug-likeness (QED) is 0.793. The first kappa shape index (κ1) is 10.4. The minimum Gasteiger partial charge on any atom is -0.331 e. The molecule has 16 heavy (non-hydrogen) atoms. The molecule has 2 amide bonds. The van der Waals surface area contributed by atoms with E-state index in [1.54, 1.807) is 20.3 Å². The van der Waals surface area contributed by atoms with Crippen molar-refractivity contribution in [2.75, 3.05) is 19.4 Å². The molecule has 1 aromatic heterocycles. The van der Waals surface area contributed by atoms with Gasteiger partial charge in [-0.1, -0.05) is 6.07 Å². The van der Waals surface area contributed by atoms with Crippen LogP contribution in [0.1, 0.15) is 0 Å². The number of carbonyl (C=O) groups is 1. The lowest BCUT2D eigenvalue weighted by Gasteiger charge is -2.13. The van der Waals surface area contributed by atoms with Gasteiger partial charge in [-0.3, -0.25) is 4.98 Å². The van der Waals surface area contributed by atoms with Crippen LogP contribution in [0.4, 0.5) is 10.5 Å². The van der Waals surface area contributed by atoms with Crippen LogP contribution in [0.25, 0.3) is 10.9 Å². The van der Waals surface area contributed by atoms with Crippen molar-refractivity contribution in [3.05, 3.63) is 36.5 Å². The van der Waals surface area contributed by atoms with Crippen molar-refractivity contribution in [1.82, 2.24) is 9.88 Å². The summed E-state index contributed by atoms with van der Waals surface area (Å²) < 4.78 is 0. The number of carbonyl (C=O) groups excluding carboxylic acids is 1. The standard InChI is InChI=1S/C12H13N3O/c1-15(2)12(16)14-11-7-3-6-10-9(11)5-4-8-13-10/h3-8H,1-2H3,(H,14,16). The number of hydrogen-bond donors (Lipinski definition) is 1. The molecule has 1 N–H and O–H groups in total. The first-order chi connectivity index (χ1) is 7.68. The van der Waals surface area contributed by atoms with Crippen molar-refractivity contribution in [2.24, 2.45) is 0 Å². The molecule has 0 spiro atoms. The fraction of sp³-hybridized carbons (Fsp3) is 0.167. The van der Waals surface area contributed by atoms with Gasteiger partial charge in [0, 0.05) is 25.7 Å². The van der Waals surface area contributed by atoms with Crippen molar-refractivity contribution in [3.63, 3.8) is 0 Å². The summed E-state index contributed by atoms with van der Waals surface area (Å²) in [5, 5.41) is 3.78. The summed E-state index contributed by atoms with van der Waals surface area (Å²) in [7, 11) is 3.41. The summed E-state index contributed by atoms with van der Waals surface area (Å²) in [6, 6.07) is 9.31. The van der Waals surface area contributed by atoms with E-state index < -0.39 is 0 Å². The van der Waals surface area contributed by atoms with Gasteiger partial charge in [0.1, 0.15) is 0 Å². The summed E-state index contributed by atoms with van der Waals surface area (Å²) in [4.78, 5) is 17.3. The van der Waals surface area contributed by atoms with Gasteiger partial charge in [-0.2, -0.15) is 0 Å². The molecule has 0 aliphatic rings. The average Bonchev–Trinajstić information content (AvgIpc) is 2.29. The monoisotopic (exact) mass is 215 g/mol. The minimum atomic E-state index is -0.142. The van der Waals surface area contributed by atoms with E-state index in [2.05, 4.69) is 10.3 Å². The van der Waals surface area contributed by atoms with E-state index in [-0.39, 0.29) is 6.03 Å². The van der Waals surface area contributed by atoms with E-state index in [0.717, 1.165) is 16.6 Å². The van der Waals surface area contributed by atoms with Gasteiger partial charge in [-0.15, -0.1) is 0 Å². The van der Waals surface area contributed by atoms with Crippen LogP contribution in [0.15, 0.2) is 36.5 Å². The minimum absolute atomic E-state index is 0.142. The Balaban J connectivity index is 2.41. The van der Waals surface area contributed by atoms with Crippen molar-refractivity contribution in [2.45, 2.75) is 0 Å². The maximum atomic E-state index is 11.6. The van der Waals surface area contributed by atoms with Crippen LogP contribution < -0.4 is 5.32 Å². The molecule has 2 rings (SSSR count). The number of nitrogens with one attached hydrogen (secondary N) is 1. The zero-order chi connectivity index (χ0) is 11.5. The lowest BCUT2D eigenvalue weighted by atomic mass is 10.2. The number of anilines is 1. The highest BCUT2D eigenvalue weighted by atomic mass is 16.2. The summed E-state index contributed by atoms with van der Waals surface area (Å²) in [5.41, 5.74) is 1.66. The van der Waals surface area contributed by atoms with Crippen LogP contribution in [0, 0.1) is 0 Å². The highest BCUT2D eigenvalue weighted by Gasteiger charge is 2.06. The van der Waals surface area contributed by atoms with Gasteiger partial charge in [-0.05, 0) is 24.3 Å². The highest BCUT2D eigenvalue weighted by Crippen LogP contribution is 2.21. The van der Waals surface area contributed by atoms with Crippen molar-refractivity contribution >= 4 is 22.6 Å². The van der Waals surface area contributed by atoms with Gasteiger partial charge in [-0.25, -0.2) is 4.79 Å². The van der Waals surface area contributed by atoms with Crippen LogP contribution in [-0.4, -0.2) is 30.0 Å². The van der Waals surface area contributed by atoms with Crippen LogP contribution in [0.2, 0.25) is 0 Å². The van der Waals surface area contributed by atoms with E-state index in [1.165, 1.54) is 4.90 Å². The Hall–Kier alpha value is -2.10. The van der Waals surface area contributed by atoms with Gasteiger partial charge in [0.05, 0.1) is 11.2 Å². The number of rotatable bonds is 1. The molecule has 0 bridgehead atoms. The number of benzene rings is 1. The molecule has 0 atom stereocenters. The molecule has 0 fully saturated rings. The average molecular weight is 215 g/mol. The van der Waals surface area contributed by atoms with E-state index in [0.29, 0.717) is 0 Å². The largest absolute Gasteiger partial charge is 0.331 e. The summed E-state index contributed by atoms with van der Waals surface area (Å²) >= 11 is 0. The van der Waals surface area contributed by atoms with E-state index in [9.17, 15) is 4.79 Å². The number of pyridine rings is 1. The smallest absolute Gasteiger partial charge is 0.321 e. The number of nitrogens with zero attached hydrogens (tertiary/aromatic N) is 2. The van der Waals surface area contributed by atoms with Gasteiger partial charge >= 0.3 is 6.03 Å². The molecule has 82 valence electrons. The van der Waals surface area contributed by atoms with Crippen LogP contribution in [-0.2, 0) is 0 Å². The molecule has 0 radical (unpaired) electrons. The number of hydrogen-bond acceptors (Lipinski definition) is 2. The van der Waals surface area contributed by atoms with Gasteiger partial charge < -0.3 is 10.2 Å². The summed E-state index contributed by atoms with van der Waals surface area (Å²) in [5.74, 6) is 0. The Morgan fingerprint density at radius 2 is 2.06 bits per heavy atom. The van der Waals surface area contributed by atoms with Crippen LogP contribution >= 0.6 is 0 Å². The maximum absolute atomic E-state index is 11.6. The molecule has 4 nitrogen and oxygen atoms in total. The number of urea groups is 1. The zero-order valence-corrected chi connectivity index (χ0v) is 9.27. The Morgan fingerprint density at radius 3 is 2.81 bits per heavy atom. The van der Waals surface area contributed by atoms with Gasteiger partial charge in [0.25, 0.3) is 0 Å². The second-order valence-corrected chi connectivity index (χ2v) is 3.70. The molecule has 0 aliphatic carbocycles. The van der Waals surface area contributed by atoms with Crippen molar-refractivity contribution in [3.8, 4) is 0 Å². The predicted octanol–water partition coefficient (Wildman–Crippen LogP) is 2.33. The SMILES string of the molecule is CN(C)C(=O)Nc1cccc2ncccc12. The molecule has 0 unspecified atom stereocenters.